The first-order valence-electron chi connectivity index (χ1n) is 14.4. The third kappa shape index (κ3) is 8.98. The number of hydrogen-bond acceptors (Lipinski definition) is 7. The summed E-state index contributed by atoms with van der Waals surface area (Å²) in [6, 6.07) is 0.0000523. The van der Waals surface area contributed by atoms with E-state index in [-0.39, 0.29) is 42.6 Å². The standard InChI is InChI=1S/C30H49N3O6/c1-7-8-9-27(34)32-24-16-21(3)25(38-22(24)4)12-10-20(2)11-13-26-29(36)30(19-37-30)18-23(39-26)17-28(35)33(6)15-14-31-5/h8-11,13,21-26,29,31,36H,7,12,14-19H2,1-6H3,(H,32,34)/b9-8-,13-11+,20-10+/t21-,22+,23+,24+,25-,26+,29+,30+/m0/s1. The van der Waals surface area contributed by atoms with E-state index in [0.29, 0.717) is 25.5 Å². The van der Waals surface area contributed by atoms with E-state index in [1.165, 1.54) is 0 Å². The Morgan fingerprint density at radius 2 is 1.95 bits per heavy atom. The van der Waals surface area contributed by atoms with Gasteiger partial charge in [0.05, 0.1) is 37.4 Å². The SMILES string of the molecule is CC/C=C\C(=O)N[C@@H]1C[C@H](C)[C@H](C/C=C(C)/C=C/[C@H]2O[C@H](CC(=O)N(C)CCNC)C[C@@]3(CO3)[C@@H]2O)O[C@@H]1C. The van der Waals surface area contributed by atoms with E-state index < -0.39 is 17.8 Å². The number of carbonyl (C=O) groups excluding carboxylic acids is 2. The van der Waals surface area contributed by atoms with Crippen molar-refractivity contribution in [3.05, 3.63) is 36.0 Å². The number of aliphatic hydroxyl groups is 1. The first kappa shape index (κ1) is 31.5. The molecule has 0 bridgehead atoms. The molecule has 0 aromatic carbocycles. The number of allylic oxidation sites excluding steroid dienone is 3. The van der Waals surface area contributed by atoms with Gasteiger partial charge in [0.1, 0.15) is 17.8 Å². The van der Waals surface area contributed by atoms with Gasteiger partial charge < -0.3 is 34.9 Å². The van der Waals surface area contributed by atoms with Gasteiger partial charge in [0.15, 0.2) is 0 Å². The number of nitrogens with zero attached hydrogens (tertiary/aromatic N) is 1. The molecule has 3 N–H and O–H groups in total. The van der Waals surface area contributed by atoms with Crippen LogP contribution in [0.3, 0.4) is 0 Å². The summed E-state index contributed by atoms with van der Waals surface area (Å²) in [6.45, 7) is 10.1. The van der Waals surface area contributed by atoms with Gasteiger partial charge in [-0.3, -0.25) is 9.59 Å². The highest BCUT2D eigenvalue weighted by molar-refractivity contribution is 5.87. The number of rotatable bonds is 12. The predicted octanol–water partition coefficient (Wildman–Crippen LogP) is 2.50. The lowest BCUT2D eigenvalue weighted by Gasteiger charge is -2.39. The molecule has 8 atom stereocenters. The zero-order valence-corrected chi connectivity index (χ0v) is 24.5. The van der Waals surface area contributed by atoms with Gasteiger partial charge in [-0.25, -0.2) is 0 Å². The van der Waals surface area contributed by atoms with Crippen LogP contribution in [-0.4, -0.2) is 97.8 Å². The van der Waals surface area contributed by atoms with Crippen LogP contribution in [0.25, 0.3) is 0 Å². The molecule has 1 spiro atoms. The minimum Gasteiger partial charge on any atom is -0.387 e. The van der Waals surface area contributed by atoms with Crippen molar-refractivity contribution in [3.63, 3.8) is 0 Å². The number of epoxide rings is 1. The van der Waals surface area contributed by atoms with Crippen molar-refractivity contribution in [3.8, 4) is 0 Å². The summed E-state index contributed by atoms with van der Waals surface area (Å²) < 4.78 is 18.1. The minimum absolute atomic E-state index is 0.0000523. The van der Waals surface area contributed by atoms with Crippen LogP contribution in [0, 0.1) is 5.92 Å². The second-order valence-corrected chi connectivity index (χ2v) is 11.4. The van der Waals surface area contributed by atoms with E-state index in [1.54, 1.807) is 18.0 Å². The highest BCUT2D eigenvalue weighted by Crippen LogP contribution is 2.43. The van der Waals surface area contributed by atoms with E-state index in [9.17, 15) is 14.7 Å². The lowest BCUT2D eigenvalue weighted by molar-refractivity contribution is -0.150. The highest BCUT2D eigenvalue weighted by Gasteiger charge is 2.58. The van der Waals surface area contributed by atoms with Gasteiger partial charge >= 0.3 is 0 Å². The molecule has 3 rings (SSSR count). The van der Waals surface area contributed by atoms with E-state index in [2.05, 4.69) is 23.6 Å². The van der Waals surface area contributed by atoms with Crippen molar-refractivity contribution < 1.29 is 28.9 Å². The normalized spacial score (nSPS) is 35.1. The molecule has 2 amide bonds. The quantitative estimate of drug-likeness (QED) is 0.196. The Balaban J connectivity index is 1.53. The summed E-state index contributed by atoms with van der Waals surface area (Å²) in [5.74, 6) is 0.257. The Morgan fingerprint density at radius 1 is 1.21 bits per heavy atom. The zero-order chi connectivity index (χ0) is 28.6. The maximum Gasteiger partial charge on any atom is 0.243 e. The molecule has 0 unspecified atom stereocenters. The molecule has 220 valence electrons. The van der Waals surface area contributed by atoms with Crippen molar-refractivity contribution in [1.82, 2.24) is 15.5 Å². The number of aliphatic hydroxyl groups excluding tert-OH is 1. The lowest BCUT2D eigenvalue weighted by Crippen LogP contribution is -2.51. The molecule has 0 aromatic rings. The van der Waals surface area contributed by atoms with Crippen LogP contribution >= 0.6 is 0 Å². The molecule has 0 radical (unpaired) electrons. The molecule has 39 heavy (non-hydrogen) atoms. The third-order valence-electron chi connectivity index (χ3n) is 8.08. The Bertz CT molecular complexity index is 914. The molecule has 9 heteroatoms. The molecule has 3 fully saturated rings. The lowest BCUT2D eigenvalue weighted by atomic mass is 9.87. The average molecular weight is 548 g/mol. The van der Waals surface area contributed by atoms with E-state index in [0.717, 1.165) is 31.4 Å². The predicted molar refractivity (Wildman–Crippen MR) is 151 cm³/mol. The summed E-state index contributed by atoms with van der Waals surface area (Å²) in [7, 11) is 3.66. The Kier molecular flexibility index (Phi) is 11.7. The second-order valence-electron chi connectivity index (χ2n) is 11.4. The monoisotopic (exact) mass is 547 g/mol. The summed E-state index contributed by atoms with van der Waals surface area (Å²) in [5, 5.41) is 17.0. The fourth-order valence-electron chi connectivity index (χ4n) is 5.34. The van der Waals surface area contributed by atoms with Crippen LogP contribution in [0.15, 0.2) is 36.0 Å². The van der Waals surface area contributed by atoms with Gasteiger partial charge in [-0.2, -0.15) is 0 Å². The molecule has 3 aliphatic rings. The number of likely N-dealkylation sites (N-methyl/N-ethyl adjacent to an activating group) is 2. The average Bonchev–Trinajstić information content (AvgIpc) is 3.68. The van der Waals surface area contributed by atoms with E-state index >= 15 is 0 Å². The topological polar surface area (TPSA) is 113 Å². The van der Waals surface area contributed by atoms with Crippen molar-refractivity contribution in [1.29, 1.82) is 0 Å². The van der Waals surface area contributed by atoms with Gasteiger partial charge in [0, 0.05) is 26.6 Å². The first-order valence-corrected chi connectivity index (χ1v) is 14.4. The maximum absolute atomic E-state index is 12.7. The van der Waals surface area contributed by atoms with Crippen LogP contribution in [0.2, 0.25) is 0 Å². The van der Waals surface area contributed by atoms with Crippen molar-refractivity contribution in [2.45, 2.75) is 102 Å². The smallest absolute Gasteiger partial charge is 0.243 e. The molecule has 0 aliphatic carbocycles. The molecule has 3 aliphatic heterocycles. The number of carbonyl (C=O) groups is 2. The molecule has 3 heterocycles. The number of nitrogens with one attached hydrogen (secondary N) is 2. The van der Waals surface area contributed by atoms with Crippen LogP contribution in [0.5, 0.6) is 0 Å². The largest absolute Gasteiger partial charge is 0.387 e. The fraction of sp³-hybridized carbons (Fsp3) is 0.733. The van der Waals surface area contributed by atoms with Crippen LogP contribution in [0.1, 0.15) is 59.8 Å². The number of hydrogen-bond donors (Lipinski definition) is 3. The number of amides is 2. The van der Waals surface area contributed by atoms with Gasteiger partial charge in [0.2, 0.25) is 11.8 Å². The molecule has 9 nitrogen and oxygen atoms in total. The van der Waals surface area contributed by atoms with Gasteiger partial charge in [-0.15, -0.1) is 0 Å². The highest BCUT2D eigenvalue weighted by atomic mass is 16.6. The van der Waals surface area contributed by atoms with E-state index in [4.69, 9.17) is 14.2 Å². The first-order chi connectivity index (χ1) is 18.6. The van der Waals surface area contributed by atoms with Crippen molar-refractivity contribution in [2.24, 2.45) is 5.92 Å². The zero-order valence-electron chi connectivity index (χ0n) is 24.5. The second kappa shape index (κ2) is 14.6. The van der Waals surface area contributed by atoms with Crippen LogP contribution in [0.4, 0.5) is 0 Å². The fourth-order valence-corrected chi connectivity index (χ4v) is 5.34. The molecular formula is C30H49N3O6. The van der Waals surface area contributed by atoms with Gasteiger partial charge in [0.25, 0.3) is 0 Å². The Hall–Kier alpha value is -2.04. The summed E-state index contributed by atoms with van der Waals surface area (Å²) >= 11 is 0. The Morgan fingerprint density at radius 3 is 2.62 bits per heavy atom. The summed E-state index contributed by atoms with van der Waals surface area (Å²) in [4.78, 5) is 26.5. The molecule has 0 aromatic heterocycles. The minimum atomic E-state index is -0.767. The van der Waals surface area contributed by atoms with Crippen molar-refractivity contribution >= 4 is 11.8 Å². The molecule has 3 saturated heterocycles. The van der Waals surface area contributed by atoms with Gasteiger partial charge in [-0.1, -0.05) is 43.7 Å². The number of ether oxygens (including phenoxy) is 3. The summed E-state index contributed by atoms with van der Waals surface area (Å²) in [5.41, 5.74) is 0.434. The molecular weight excluding hydrogens is 498 g/mol. The third-order valence-corrected chi connectivity index (χ3v) is 8.08. The van der Waals surface area contributed by atoms with Crippen LogP contribution in [-0.2, 0) is 23.8 Å². The van der Waals surface area contributed by atoms with Gasteiger partial charge in [-0.05, 0) is 52.2 Å². The summed E-state index contributed by atoms with van der Waals surface area (Å²) in [6.07, 6.45) is 11.1. The maximum atomic E-state index is 12.7. The van der Waals surface area contributed by atoms with Crippen LogP contribution < -0.4 is 10.6 Å². The van der Waals surface area contributed by atoms with E-state index in [1.807, 2.05) is 46.0 Å². The molecule has 0 saturated carbocycles. The Labute approximate surface area is 234 Å². The van der Waals surface area contributed by atoms with Crippen molar-refractivity contribution in [2.75, 3.05) is 33.8 Å².